The molecule has 0 saturated carbocycles. The number of benzene rings is 2. The lowest BCUT2D eigenvalue weighted by molar-refractivity contribution is 0.0319. The van der Waals surface area contributed by atoms with Crippen LogP contribution in [0.3, 0.4) is 0 Å². The second kappa shape index (κ2) is 6.51. The van der Waals surface area contributed by atoms with Crippen LogP contribution in [0.1, 0.15) is 29.2 Å². The minimum absolute atomic E-state index is 0.271. The normalized spacial score (nSPS) is 14.0. The maximum Gasteiger partial charge on any atom is 0.338 e. The fraction of sp³-hybridized carbons (Fsp3) is 0.211. The molecule has 2 aromatic carbocycles. The van der Waals surface area contributed by atoms with Crippen molar-refractivity contribution in [2.75, 3.05) is 13.2 Å². The third kappa shape index (κ3) is 2.99. The number of aromatic nitrogens is 2. The van der Waals surface area contributed by atoms with Crippen molar-refractivity contribution in [1.29, 1.82) is 0 Å². The summed E-state index contributed by atoms with van der Waals surface area (Å²) in [7, 11) is 0. The zero-order valence-electron chi connectivity index (χ0n) is 14.0. The molecule has 1 N–H and O–H groups in total. The zero-order chi connectivity index (χ0) is 18.1. The molecule has 0 radical (unpaired) electrons. The Bertz CT molecular complexity index is 1040. The largest absolute Gasteiger partial charge is 0.486 e. The first-order valence-corrected chi connectivity index (χ1v) is 8.21. The van der Waals surface area contributed by atoms with Crippen molar-refractivity contribution in [3.05, 3.63) is 64.2 Å². The van der Waals surface area contributed by atoms with E-state index in [1.54, 1.807) is 49.4 Å². The van der Waals surface area contributed by atoms with E-state index in [-0.39, 0.29) is 5.56 Å². The number of H-pyrrole nitrogens is 1. The molecule has 0 fully saturated rings. The summed E-state index contributed by atoms with van der Waals surface area (Å²) < 4.78 is 16.4. The molecule has 0 bridgehead atoms. The molecule has 7 nitrogen and oxygen atoms in total. The Labute approximate surface area is 148 Å². The minimum atomic E-state index is -0.715. The number of nitrogens with one attached hydrogen (secondary N) is 1. The standard InChI is InChI=1S/C19H16N2O5/c1-11(17-20-14-5-3-2-4-13(14)18(22)21-17)26-19(23)12-6-7-15-16(10-12)25-9-8-24-15/h2-7,10-11H,8-9H2,1H3,(H,20,21,22)/t11-/m0/s1. The summed E-state index contributed by atoms with van der Waals surface area (Å²) in [6.45, 7) is 2.57. The predicted molar refractivity (Wildman–Crippen MR) is 93.6 cm³/mol. The van der Waals surface area contributed by atoms with Crippen molar-refractivity contribution >= 4 is 16.9 Å². The van der Waals surface area contributed by atoms with E-state index in [2.05, 4.69) is 9.97 Å². The smallest absolute Gasteiger partial charge is 0.338 e. The van der Waals surface area contributed by atoms with Gasteiger partial charge in [0.2, 0.25) is 0 Å². The fourth-order valence-corrected chi connectivity index (χ4v) is 2.75. The molecule has 1 aliphatic heterocycles. The number of carbonyl (C=O) groups excluding carboxylic acids is 1. The fourth-order valence-electron chi connectivity index (χ4n) is 2.75. The highest BCUT2D eigenvalue weighted by Crippen LogP contribution is 2.31. The van der Waals surface area contributed by atoms with Crippen molar-refractivity contribution < 1.29 is 19.0 Å². The van der Waals surface area contributed by atoms with Crippen LogP contribution in [0.5, 0.6) is 11.5 Å². The number of para-hydroxylation sites is 1. The quantitative estimate of drug-likeness (QED) is 0.729. The van der Waals surface area contributed by atoms with Crippen LogP contribution in [-0.4, -0.2) is 29.2 Å². The molecule has 26 heavy (non-hydrogen) atoms. The first-order chi connectivity index (χ1) is 12.6. The summed E-state index contributed by atoms with van der Waals surface area (Å²) in [4.78, 5) is 31.6. The molecule has 0 amide bonds. The number of nitrogens with zero attached hydrogens (tertiary/aromatic N) is 1. The van der Waals surface area contributed by atoms with Gasteiger partial charge in [0, 0.05) is 0 Å². The van der Waals surface area contributed by atoms with Crippen LogP contribution >= 0.6 is 0 Å². The second-order valence-electron chi connectivity index (χ2n) is 5.87. The maximum absolute atomic E-state index is 12.4. The molecule has 1 atom stereocenters. The molecule has 1 aromatic heterocycles. The number of aromatic amines is 1. The third-order valence-corrected chi connectivity index (χ3v) is 4.08. The summed E-state index contributed by atoms with van der Waals surface area (Å²) in [5.41, 5.74) is 0.616. The Kier molecular flexibility index (Phi) is 4.04. The lowest BCUT2D eigenvalue weighted by Crippen LogP contribution is -2.18. The Morgan fingerprint density at radius 3 is 2.77 bits per heavy atom. The Hall–Kier alpha value is -3.35. The third-order valence-electron chi connectivity index (χ3n) is 4.08. The average Bonchev–Trinajstić information content (AvgIpc) is 2.67. The monoisotopic (exact) mass is 352 g/mol. The number of esters is 1. The van der Waals surface area contributed by atoms with Crippen molar-refractivity contribution in [3.63, 3.8) is 0 Å². The molecule has 4 rings (SSSR count). The Morgan fingerprint density at radius 2 is 1.92 bits per heavy atom. The number of carbonyl (C=O) groups is 1. The van der Waals surface area contributed by atoms with Crippen LogP contribution in [0.2, 0.25) is 0 Å². The van der Waals surface area contributed by atoms with E-state index in [0.717, 1.165) is 0 Å². The van der Waals surface area contributed by atoms with Gasteiger partial charge in [0.05, 0.1) is 16.5 Å². The molecule has 1 aliphatic rings. The van der Waals surface area contributed by atoms with Gasteiger partial charge in [0.15, 0.2) is 23.4 Å². The van der Waals surface area contributed by atoms with Gasteiger partial charge >= 0.3 is 5.97 Å². The van der Waals surface area contributed by atoms with Gasteiger partial charge < -0.3 is 19.2 Å². The van der Waals surface area contributed by atoms with Crippen LogP contribution in [0.4, 0.5) is 0 Å². The first-order valence-electron chi connectivity index (χ1n) is 8.21. The van der Waals surface area contributed by atoms with Crippen LogP contribution in [0.15, 0.2) is 47.3 Å². The summed E-state index contributed by atoms with van der Waals surface area (Å²) in [5, 5.41) is 0.488. The van der Waals surface area contributed by atoms with E-state index in [1.807, 2.05) is 0 Å². The topological polar surface area (TPSA) is 90.5 Å². The molecule has 7 heteroatoms. The molecule has 0 unspecified atom stereocenters. The highest BCUT2D eigenvalue weighted by atomic mass is 16.6. The van der Waals surface area contributed by atoms with Crippen LogP contribution in [0.25, 0.3) is 10.9 Å². The van der Waals surface area contributed by atoms with Crippen LogP contribution in [0, 0.1) is 0 Å². The highest BCUT2D eigenvalue weighted by molar-refractivity contribution is 5.90. The molecule has 0 spiro atoms. The number of hydrogen-bond donors (Lipinski definition) is 1. The zero-order valence-corrected chi connectivity index (χ0v) is 14.0. The summed E-state index contributed by atoms with van der Waals surface area (Å²) in [5.74, 6) is 0.863. The number of ether oxygens (including phenoxy) is 3. The minimum Gasteiger partial charge on any atom is -0.486 e. The molecular weight excluding hydrogens is 336 g/mol. The number of fused-ring (bicyclic) bond motifs is 2. The maximum atomic E-state index is 12.4. The van der Waals surface area contributed by atoms with Gasteiger partial charge in [-0.15, -0.1) is 0 Å². The molecule has 0 saturated heterocycles. The van der Waals surface area contributed by atoms with Crippen molar-refractivity contribution in [3.8, 4) is 11.5 Å². The van der Waals surface area contributed by atoms with E-state index in [0.29, 0.717) is 47.0 Å². The van der Waals surface area contributed by atoms with E-state index >= 15 is 0 Å². The van der Waals surface area contributed by atoms with Crippen molar-refractivity contribution in [1.82, 2.24) is 9.97 Å². The average molecular weight is 352 g/mol. The van der Waals surface area contributed by atoms with Gasteiger partial charge in [-0.3, -0.25) is 4.79 Å². The lowest BCUT2D eigenvalue weighted by Gasteiger charge is -2.19. The van der Waals surface area contributed by atoms with Crippen LogP contribution < -0.4 is 15.0 Å². The van der Waals surface area contributed by atoms with Gasteiger partial charge in [-0.05, 0) is 37.3 Å². The summed E-state index contributed by atoms with van der Waals surface area (Å²) >= 11 is 0. The molecule has 3 aromatic rings. The van der Waals surface area contributed by atoms with E-state index in [1.165, 1.54) is 0 Å². The Morgan fingerprint density at radius 1 is 1.15 bits per heavy atom. The highest BCUT2D eigenvalue weighted by Gasteiger charge is 2.19. The van der Waals surface area contributed by atoms with Gasteiger partial charge in [-0.2, -0.15) is 0 Å². The van der Waals surface area contributed by atoms with Gasteiger partial charge in [0.1, 0.15) is 13.2 Å². The van der Waals surface area contributed by atoms with E-state index in [4.69, 9.17) is 14.2 Å². The van der Waals surface area contributed by atoms with E-state index in [9.17, 15) is 9.59 Å². The molecule has 0 aliphatic carbocycles. The summed E-state index contributed by atoms with van der Waals surface area (Å²) in [6.07, 6.45) is -0.715. The molecule has 2 heterocycles. The number of rotatable bonds is 3. The van der Waals surface area contributed by atoms with Gasteiger partial charge in [-0.1, -0.05) is 12.1 Å². The van der Waals surface area contributed by atoms with Crippen molar-refractivity contribution in [2.45, 2.75) is 13.0 Å². The SMILES string of the molecule is C[C@H](OC(=O)c1ccc2c(c1)OCCO2)c1nc2ccccc2c(=O)[nH]1. The Balaban J connectivity index is 1.57. The van der Waals surface area contributed by atoms with Crippen molar-refractivity contribution in [2.24, 2.45) is 0 Å². The summed E-state index contributed by atoms with van der Waals surface area (Å²) in [6, 6.07) is 11.9. The molecular formula is C19H16N2O5. The second-order valence-corrected chi connectivity index (χ2v) is 5.87. The molecule has 132 valence electrons. The number of hydrogen-bond acceptors (Lipinski definition) is 6. The first kappa shape index (κ1) is 16.1. The predicted octanol–water partition coefficient (Wildman–Crippen LogP) is 2.61. The lowest BCUT2D eigenvalue weighted by atomic mass is 10.2. The van der Waals surface area contributed by atoms with E-state index < -0.39 is 12.1 Å². The van der Waals surface area contributed by atoms with Crippen LogP contribution in [-0.2, 0) is 4.74 Å². The van der Waals surface area contributed by atoms with Gasteiger partial charge in [0.25, 0.3) is 5.56 Å². The van der Waals surface area contributed by atoms with Gasteiger partial charge in [-0.25, -0.2) is 9.78 Å².